The first-order valence-electron chi connectivity index (χ1n) is 21.5. The van der Waals surface area contributed by atoms with Crippen LogP contribution in [0, 0.1) is 11.8 Å². The maximum absolute atomic E-state index is 13.4. The van der Waals surface area contributed by atoms with E-state index in [2.05, 4.69) is 25.8 Å². The number of alkyl halides is 3. The predicted molar refractivity (Wildman–Crippen MR) is 223 cm³/mol. The van der Waals surface area contributed by atoms with Gasteiger partial charge in [0.1, 0.15) is 35.3 Å². The van der Waals surface area contributed by atoms with Crippen LogP contribution in [-0.2, 0) is 15.8 Å². The van der Waals surface area contributed by atoms with Gasteiger partial charge in [-0.25, -0.2) is 9.97 Å². The number of piperidine rings is 2. The molecule has 0 bridgehead atoms. The number of halogens is 3. The molecule has 3 fully saturated rings. The highest BCUT2D eigenvalue weighted by molar-refractivity contribution is 6.25. The molecule has 63 heavy (non-hydrogen) atoms. The number of oxazole rings is 1. The second kappa shape index (κ2) is 17.7. The maximum Gasteiger partial charge on any atom is 0.433 e. The van der Waals surface area contributed by atoms with Crippen LogP contribution in [0.1, 0.15) is 120 Å². The van der Waals surface area contributed by atoms with Crippen molar-refractivity contribution in [1.29, 1.82) is 0 Å². The van der Waals surface area contributed by atoms with Crippen LogP contribution in [0.5, 0.6) is 5.75 Å². The van der Waals surface area contributed by atoms with E-state index in [-0.39, 0.29) is 47.9 Å². The van der Waals surface area contributed by atoms with E-state index in [1.54, 1.807) is 38.1 Å². The van der Waals surface area contributed by atoms with Gasteiger partial charge in [-0.15, -0.1) is 0 Å². The number of imide groups is 2. The highest BCUT2D eigenvalue weighted by Gasteiger charge is 2.45. The second-order valence-corrected chi connectivity index (χ2v) is 17.7. The lowest BCUT2D eigenvalue weighted by molar-refractivity contribution is -0.141. The van der Waals surface area contributed by atoms with Crippen LogP contribution in [0.3, 0.4) is 0 Å². The van der Waals surface area contributed by atoms with E-state index < -0.39 is 58.7 Å². The summed E-state index contributed by atoms with van der Waals surface area (Å²) in [5, 5.41) is 18.5. The first kappa shape index (κ1) is 43.8. The van der Waals surface area contributed by atoms with Crippen molar-refractivity contribution in [3.63, 3.8) is 0 Å². The minimum absolute atomic E-state index is 0.0650. The number of aromatic nitrogens is 2. The summed E-state index contributed by atoms with van der Waals surface area (Å²) in [5.41, 5.74) is -0.757. The van der Waals surface area contributed by atoms with Gasteiger partial charge in [-0.1, -0.05) is 12.1 Å². The van der Waals surface area contributed by atoms with Gasteiger partial charge in [0.15, 0.2) is 11.5 Å². The van der Waals surface area contributed by atoms with Crippen molar-refractivity contribution in [2.45, 2.75) is 95.4 Å². The number of rotatable bonds is 13. The Morgan fingerprint density at radius 1 is 0.921 bits per heavy atom. The summed E-state index contributed by atoms with van der Waals surface area (Å²) in [7, 11) is 0. The van der Waals surface area contributed by atoms with Crippen LogP contribution in [0.2, 0.25) is 0 Å². The number of benzene rings is 2. The maximum atomic E-state index is 13.4. The Labute approximate surface area is 361 Å². The molecule has 8 rings (SSSR count). The van der Waals surface area contributed by atoms with Crippen molar-refractivity contribution in [3.05, 3.63) is 76.9 Å². The quantitative estimate of drug-likeness (QED) is 0.106. The SMILES string of the molecule is CC(C)(O)COc1cc2nc(C3CCC(CN4CCC(CCNc5cccc6c5C(=O)N(C5CCC(=O)NC5=O)C6=O)CC4)CC3)oc2cc1NC(=O)c1cccc(C(F)(F)F)n1. The zero-order valence-electron chi connectivity index (χ0n) is 35.1. The molecule has 5 amide bonds. The number of nitrogens with zero attached hydrogens (tertiary/aromatic N) is 4. The van der Waals surface area contributed by atoms with Crippen LogP contribution in [0.4, 0.5) is 24.5 Å². The zero-order valence-corrected chi connectivity index (χ0v) is 35.1. The van der Waals surface area contributed by atoms with Crippen molar-refractivity contribution in [1.82, 2.24) is 25.1 Å². The molecule has 18 heteroatoms. The highest BCUT2D eigenvalue weighted by atomic mass is 19.4. The first-order chi connectivity index (χ1) is 30.0. The van der Waals surface area contributed by atoms with E-state index in [4.69, 9.17) is 14.1 Å². The lowest BCUT2D eigenvalue weighted by Gasteiger charge is -2.36. The molecule has 0 spiro atoms. The number of ether oxygens (including phenoxy) is 1. The monoisotopic (exact) mass is 873 g/mol. The summed E-state index contributed by atoms with van der Waals surface area (Å²) in [6.45, 7) is 6.60. The van der Waals surface area contributed by atoms with E-state index >= 15 is 0 Å². The molecule has 2 aromatic heterocycles. The fourth-order valence-corrected chi connectivity index (χ4v) is 9.01. The normalized spacial score (nSPS) is 21.4. The number of anilines is 2. The van der Waals surface area contributed by atoms with Crippen LogP contribution >= 0.6 is 0 Å². The molecule has 4 aliphatic rings. The molecule has 3 aliphatic heterocycles. The molecule has 334 valence electrons. The number of fused-ring (bicyclic) bond motifs is 2. The van der Waals surface area contributed by atoms with Crippen LogP contribution in [0.15, 0.2) is 52.9 Å². The average molecular weight is 874 g/mol. The third-order valence-corrected chi connectivity index (χ3v) is 12.4. The Bertz CT molecular complexity index is 2420. The van der Waals surface area contributed by atoms with Crippen LogP contribution < -0.4 is 20.7 Å². The van der Waals surface area contributed by atoms with Crippen molar-refractivity contribution >= 4 is 52.0 Å². The van der Waals surface area contributed by atoms with Crippen LogP contribution in [-0.4, -0.2) is 98.8 Å². The summed E-state index contributed by atoms with van der Waals surface area (Å²) in [4.78, 5) is 75.7. The number of aliphatic hydroxyl groups is 1. The van der Waals surface area contributed by atoms with Gasteiger partial charge in [0.2, 0.25) is 11.8 Å². The number of hydrogen-bond acceptors (Lipinski definition) is 12. The van der Waals surface area contributed by atoms with E-state index in [1.807, 2.05) is 0 Å². The highest BCUT2D eigenvalue weighted by Crippen LogP contribution is 2.40. The van der Waals surface area contributed by atoms with Crippen molar-refractivity contribution in [2.24, 2.45) is 11.8 Å². The number of carbonyl (C=O) groups excluding carboxylic acids is 5. The number of amides is 5. The number of carbonyl (C=O) groups is 5. The molecule has 5 heterocycles. The summed E-state index contributed by atoms with van der Waals surface area (Å²) in [6.07, 6.45) is 2.22. The molecule has 4 aromatic rings. The summed E-state index contributed by atoms with van der Waals surface area (Å²) < 4.78 is 52.0. The fourth-order valence-electron chi connectivity index (χ4n) is 9.01. The summed E-state index contributed by atoms with van der Waals surface area (Å²) in [5.74, 6) is -1.12. The molecular formula is C45H50F3N7O8. The van der Waals surface area contributed by atoms with Crippen molar-refractivity contribution < 1.29 is 51.4 Å². The van der Waals surface area contributed by atoms with Gasteiger partial charge in [-0.05, 0) is 114 Å². The molecular weight excluding hydrogens is 824 g/mol. The second-order valence-electron chi connectivity index (χ2n) is 17.7. The van der Waals surface area contributed by atoms with E-state index in [9.17, 15) is 42.3 Å². The van der Waals surface area contributed by atoms with Gasteiger partial charge in [0.05, 0.1) is 22.4 Å². The lowest BCUT2D eigenvalue weighted by atomic mass is 9.81. The van der Waals surface area contributed by atoms with Gasteiger partial charge in [0, 0.05) is 43.2 Å². The molecule has 2 saturated heterocycles. The smallest absolute Gasteiger partial charge is 0.433 e. The molecule has 15 nitrogen and oxygen atoms in total. The average Bonchev–Trinajstić information content (AvgIpc) is 3.77. The molecule has 4 N–H and O–H groups in total. The minimum Gasteiger partial charge on any atom is -0.488 e. The van der Waals surface area contributed by atoms with Gasteiger partial charge >= 0.3 is 6.18 Å². The molecule has 0 radical (unpaired) electrons. The molecule has 1 saturated carbocycles. The summed E-state index contributed by atoms with van der Waals surface area (Å²) in [6, 6.07) is 10.3. The molecule has 1 unspecified atom stereocenters. The standard InChI is InChI=1S/C45H50F3N7O8/c1-44(2,61)24-62-34-21-32-35(22-31(34)51-39(57)30-7-4-8-36(50-30)45(46,47)48)63-41(52-32)27-11-9-26(10-12-27)23-54-19-16-25(17-20-54)15-18-49-29-6-3-5-28-38(29)43(60)55(42(28)59)33-13-14-37(56)53-40(33)58/h3-8,21-22,25-27,33,49,61H,9-20,23-24H2,1-2H3,(H,51,57)(H,53,56,58). The fraction of sp³-hybridized carbons (Fsp3) is 0.489. The Balaban J connectivity index is 0.818. The third kappa shape index (κ3) is 9.86. The Kier molecular flexibility index (Phi) is 12.3. The third-order valence-electron chi connectivity index (χ3n) is 12.4. The predicted octanol–water partition coefficient (Wildman–Crippen LogP) is 6.53. The van der Waals surface area contributed by atoms with Crippen molar-refractivity contribution in [2.75, 3.05) is 43.4 Å². The molecule has 2 aromatic carbocycles. The Morgan fingerprint density at radius 2 is 1.67 bits per heavy atom. The van der Waals surface area contributed by atoms with E-state index in [1.165, 1.54) is 12.1 Å². The van der Waals surface area contributed by atoms with Gasteiger partial charge < -0.3 is 29.8 Å². The molecule has 1 aliphatic carbocycles. The van der Waals surface area contributed by atoms with E-state index in [0.717, 1.165) is 81.6 Å². The van der Waals surface area contributed by atoms with Gasteiger partial charge in [-0.3, -0.25) is 34.2 Å². The first-order valence-corrected chi connectivity index (χ1v) is 21.5. The van der Waals surface area contributed by atoms with E-state index in [0.29, 0.717) is 41.1 Å². The number of hydrogen-bond donors (Lipinski definition) is 4. The zero-order chi connectivity index (χ0) is 44.6. The topological polar surface area (TPSA) is 196 Å². The van der Waals surface area contributed by atoms with Crippen LogP contribution in [0.25, 0.3) is 11.1 Å². The van der Waals surface area contributed by atoms with Gasteiger partial charge in [-0.2, -0.15) is 13.2 Å². The minimum atomic E-state index is -4.72. The Morgan fingerprint density at radius 3 is 2.38 bits per heavy atom. The van der Waals surface area contributed by atoms with Crippen molar-refractivity contribution in [3.8, 4) is 5.75 Å². The number of likely N-dealkylation sites (tertiary alicyclic amines) is 1. The van der Waals surface area contributed by atoms with Gasteiger partial charge in [0.25, 0.3) is 17.7 Å². The largest absolute Gasteiger partial charge is 0.488 e. The summed E-state index contributed by atoms with van der Waals surface area (Å²) >= 11 is 0. The number of pyridine rings is 1. The molecule has 1 atom stereocenters. The lowest BCUT2D eigenvalue weighted by Crippen LogP contribution is -2.54. The Hall–Kier alpha value is -5.88. The number of nitrogens with one attached hydrogen (secondary N) is 3.